The van der Waals surface area contributed by atoms with Gasteiger partial charge in [-0.15, -0.1) is 0 Å². The van der Waals surface area contributed by atoms with E-state index in [-0.39, 0.29) is 24.0 Å². The molecule has 7 heteroatoms. The van der Waals surface area contributed by atoms with E-state index in [4.69, 9.17) is 13.9 Å². The fourth-order valence-electron chi connectivity index (χ4n) is 5.36. The molecule has 1 aromatic carbocycles. The summed E-state index contributed by atoms with van der Waals surface area (Å²) in [6.45, 7) is 16.5. The van der Waals surface area contributed by atoms with Gasteiger partial charge in [0.15, 0.2) is 8.32 Å². The lowest BCUT2D eigenvalue weighted by molar-refractivity contribution is -0.141. The number of hydrogen-bond donors (Lipinski definition) is 2. The number of carboxylic acid groups (broad SMARTS) is 1. The lowest BCUT2D eigenvalue weighted by Crippen LogP contribution is -2.46. The molecule has 222 valence electrons. The SMILES string of the molecule is CC[Si](CC)(CC)O[C@@H]([C@@H](C)[C@@H](O)C#CC(C)(C)C[C@@H](C)C(=O)O)[C@@H](C)CC[C@H](OC)c1cccc(OC)c1. The highest BCUT2D eigenvalue weighted by molar-refractivity contribution is 6.73. The predicted octanol–water partition coefficient (Wildman–Crippen LogP) is 7.33. The first kappa shape index (κ1) is 35.2. The van der Waals surface area contributed by atoms with Crippen molar-refractivity contribution in [1.82, 2.24) is 0 Å². The maximum Gasteiger partial charge on any atom is 0.306 e. The number of carbonyl (C=O) groups is 1. The second-order valence-corrected chi connectivity index (χ2v) is 16.5. The molecule has 0 aliphatic carbocycles. The molecule has 6 atom stereocenters. The highest BCUT2D eigenvalue weighted by atomic mass is 28.4. The van der Waals surface area contributed by atoms with Crippen LogP contribution in [-0.4, -0.2) is 50.9 Å². The van der Waals surface area contributed by atoms with Gasteiger partial charge in [0.05, 0.1) is 25.2 Å². The first-order chi connectivity index (χ1) is 18.3. The van der Waals surface area contributed by atoms with Gasteiger partial charge in [-0.25, -0.2) is 0 Å². The Morgan fingerprint density at radius 3 is 2.18 bits per heavy atom. The zero-order chi connectivity index (χ0) is 29.8. The molecule has 0 heterocycles. The summed E-state index contributed by atoms with van der Waals surface area (Å²) < 4.78 is 18.3. The molecule has 1 aromatic rings. The topological polar surface area (TPSA) is 85.2 Å². The van der Waals surface area contributed by atoms with Crippen molar-refractivity contribution in [2.75, 3.05) is 14.2 Å². The Bertz CT molecular complexity index is 924. The number of aliphatic hydroxyl groups is 1. The lowest BCUT2D eigenvalue weighted by atomic mass is 9.82. The summed E-state index contributed by atoms with van der Waals surface area (Å²) in [4.78, 5) is 11.3. The zero-order valence-electron chi connectivity index (χ0n) is 26.0. The molecule has 0 spiro atoms. The van der Waals surface area contributed by atoms with Crippen LogP contribution in [0.15, 0.2) is 24.3 Å². The van der Waals surface area contributed by atoms with Crippen molar-refractivity contribution in [2.45, 2.75) is 111 Å². The van der Waals surface area contributed by atoms with Crippen LogP contribution in [0.1, 0.15) is 86.3 Å². The third kappa shape index (κ3) is 10.9. The Hall–Kier alpha value is -1.85. The molecule has 0 fully saturated rings. The Morgan fingerprint density at radius 2 is 1.67 bits per heavy atom. The smallest absolute Gasteiger partial charge is 0.306 e. The van der Waals surface area contributed by atoms with Gasteiger partial charge in [0.2, 0.25) is 0 Å². The number of methoxy groups -OCH3 is 2. The highest BCUT2D eigenvalue weighted by Gasteiger charge is 2.38. The molecule has 0 bridgehead atoms. The molecule has 0 amide bonds. The molecule has 0 unspecified atom stereocenters. The molecule has 0 radical (unpaired) electrons. The highest BCUT2D eigenvalue weighted by Crippen LogP contribution is 2.34. The van der Waals surface area contributed by atoms with Gasteiger partial charge >= 0.3 is 5.97 Å². The summed E-state index contributed by atoms with van der Waals surface area (Å²) in [6.07, 6.45) is 1.03. The summed E-state index contributed by atoms with van der Waals surface area (Å²) in [5.41, 5.74) is 0.565. The van der Waals surface area contributed by atoms with Crippen molar-refractivity contribution in [1.29, 1.82) is 0 Å². The van der Waals surface area contributed by atoms with E-state index in [0.29, 0.717) is 6.42 Å². The second-order valence-electron chi connectivity index (χ2n) is 11.8. The van der Waals surface area contributed by atoms with E-state index in [1.807, 2.05) is 39.0 Å². The Kier molecular flexibility index (Phi) is 14.8. The molecule has 0 aromatic heterocycles. The van der Waals surface area contributed by atoms with Crippen LogP contribution in [0, 0.1) is 35.0 Å². The van der Waals surface area contributed by atoms with E-state index in [0.717, 1.165) is 42.3 Å². The molecule has 0 saturated carbocycles. The predicted molar refractivity (Wildman–Crippen MR) is 161 cm³/mol. The molecule has 2 N–H and O–H groups in total. The van der Waals surface area contributed by atoms with Crippen LogP contribution >= 0.6 is 0 Å². The maximum absolute atomic E-state index is 11.3. The van der Waals surface area contributed by atoms with Crippen molar-refractivity contribution in [3.63, 3.8) is 0 Å². The van der Waals surface area contributed by atoms with Crippen LogP contribution in [0.3, 0.4) is 0 Å². The first-order valence-electron chi connectivity index (χ1n) is 14.6. The Balaban J connectivity index is 3.17. The standard InChI is InChI=1S/C32H54O6Si/c1-11-39(12-2,13-3)38-30(25(6)28(33)19-20-32(7,8)22-24(5)31(34)35)23(4)17-18-29(37-10)26-15-14-16-27(21-26)36-9/h14-16,21,23-25,28-30,33H,11-13,17-18,22H2,1-10H3,(H,34,35)/t23-,24+,25-,28-,29-,30+/m0/s1. The van der Waals surface area contributed by atoms with Gasteiger partial charge in [-0.1, -0.05) is 65.5 Å². The summed E-state index contributed by atoms with van der Waals surface area (Å²) >= 11 is 0. The quantitative estimate of drug-likeness (QED) is 0.153. The average molecular weight is 563 g/mol. The summed E-state index contributed by atoms with van der Waals surface area (Å²) in [6, 6.07) is 11.1. The van der Waals surface area contributed by atoms with Crippen LogP contribution in [-0.2, 0) is 14.0 Å². The molecular weight excluding hydrogens is 508 g/mol. The molecule has 39 heavy (non-hydrogen) atoms. The number of hydrogen-bond acceptors (Lipinski definition) is 5. The Labute approximate surface area is 239 Å². The van der Waals surface area contributed by atoms with Gasteiger partial charge in [-0.2, -0.15) is 0 Å². The van der Waals surface area contributed by atoms with Gasteiger partial charge in [-0.05, 0) is 74.9 Å². The second kappa shape index (κ2) is 16.4. The van der Waals surface area contributed by atoms with E-state index in [1.54, 1.807) is 21.1 Å². The minimum absolute atomic E-state index is 0.0641. The van der Waals surface area contributed by atoms with Gasteiger partial charge in [0.25, 0.3) is 0 Å². The largest absolute Gasteiger partial charge is 0.497 e. The van der Waals surface area contributed by atoms with Gasteiger partial charge < -0.3 is 24.1 Å². The maximum atomic E-state index is 11.3. The van der Waals surface area contributed by atoms with E-state index in [9.17, 15) is 15.0 Å². The van der Waals surface area contributed by atoms with Gasteiger partial charge in [0.1, 0.15) is 11.9 Å². The summed E-state index contributed by atoms with van der Waals surface area (Å²) in [5.74, 6) is 5.70. The third-order valence-electron chi connectivity index (χ3n) is 8.33. The third-order valence-corrected chi connectivity index (χ3v) is 13.0. The summed E-state index contributed by atoms with van der Waals surface area (Å²) in [7, 11) is 1.44. The van der Waals surface area contributed by atoms with Crippen LogP contribution in [0.4, 0.5) is 0 Å². The van der Waals surface area contributed by atoms with Crippen LogP contribution in [0.2, 0.25) is 18.1 Å². The molecule has 0 saturated heterocycles. The van der Waals surface area contributed by atoms with Crippen LogP contribution in [0.25, 0.3) is 0 Å². The fourth-order valence-corrected chi connectivity index (χ4v) is 8.38. The molecule has 1 rings (SSSR count). The molecule has 0 aliphatic rings. The summed E-state index contributed by atoms with van der Waals surface area (Å²) in [5, 5.41) is 20.5. The normalized spacial score (nSPS) is 16.8. The number of aliphatic hydroxyl groups excluding tert-OH is 1. The number of aliphatic carboxylic acids is 1. The fraction of sp³-hybridized carbons (Fsp3) is 0.719. The van der Waals surface area contributed by atoms with Crippen molar-refractivity contribution in [3.05, 3.63) is 29.8 Å². The van der Waals surface area contributed by atoms with Gasteiger partial charge in [-0.3, -0.25) is 4.79 Å². The van der Waals surface area contributed by atoms with E-state index in [2.05, 4.69) is 45.6 Å². The number of carboxylic acids is 1. The van der Waals surface area contributed by atoms with Crippen molar-refractivity contribution >= 4 is 14.3 Å². The monoisotopic (exact) mass is 562 g/mol. The van der Waals surface area contributed by atoms with Crippen LogP contribution in [0.5, 0.6) is 5.75 Å². The van der Waals surface area contributed by atoms with E-state index >= 15 is 0 Å². The van der Waals surface area contributed by atoms with Crippen molar-refractivity contribution in [3.8, 4) is 17.6 Å². The zero-order valence-corrected chi connectivity index (χ0v) is 27.0. The lowest BCUT2D eigenvalue weighted by Gasteiger charge is -2.40. The molecular formula is C32H54O6Si. The minimum Gasteiger partial charge on any atom is -0.497 e. The number of rotatable bonds is 17. The van der Waals surface area contributed by atoms with Gasteiger partial charge in [0, 0.05) is 18.4 Å². The van der Waals surface area contributed by atoms with Crippen LogP contribution < -0.4 is 4.74 Å². The first-order valence-corrected chi connectivity index (χ1v) is 17.1. The Morgan fingerprint density at radius 1 is 1.05 bits per heavy atom. The molecule has 0 aliphatic heterocycles. The van der Waals surface area contributed by atoms with E-state index < -0.39 is 31.7 Å². The van der Waals surface area contributed by atoms with E-state index in [1.165, 1.54) is 0 Å². The number of ether oxygens (including phenoxy) is 2. The van der Waals surface area contributed by atoms with Crippen molar-refractivity contribution < 1.29 is 28.9 Å². The molecule has 6 nitrogen and oxygen atoms in total. The minimum atomic E-state index is -1.96. The average Bonchev–Trinajstić information content (AvgIpc) is 2.92. The van der Waals surface area contributed by atoms with Crippen molar-refractivity contribution in [2.24, 2.45) is 23.2 Å². The number of benzene rings is 1.